The van der Waals surface area contributed by atoms with Crippen molar-refractivity contribution in [1.29, 1.82) is 0 Å². The Bertz CT molecular complexity index is 933. The molecule has 0 radical (unpaired) electrons. The fourth-order valence-electron chi connectivity index (χ4n) is 3.95. The lowest BCUT2D eigenvalue weighted by Crippen LogP contribution is -2.45. The minimum absolute atomic E-state index is 0.0706. The number of carbonyl (C=O) groups is 1. The van der Waals surface area contributed by atoms with Gasteiger partial charge in [-0.05, 0) is 18.6 Å². The molecule has 1 amide bonds. The summed E-state index contributed by atoms with van der Waals surface area (Å²) in [6.07, 6.45) is 0.0975. The predicted molar refractivity (Wildman–Crippen MR) is 98.1 cm³/mol. The number of hydrogen-bond acceptors (Lipinski definition) is 4. The zero-order chi connectivity index (χ0) is 19.2. The first-order valence-electron chi connectivity index (χ1n) is 9.23. The van der Waals surface area contributed by atoms with Crippen molar-refractivity contribution in [3.8, 4) is 0 Å². The molecule has 0 N–H and O–H groups in total. The van der Waals surface area contributed by atoms with E-state index in [1.165, 1.54) is 4.57 Å². The highest BCUT2D eigenvalue weighted by Gasteiger charge is 2.39. The molecule has 0 aliphatic carbocycles. The summed E-state index contributed by atoms with van der Waals surface area (Å²) in [7, 11) is 1.68. The normalized spacial score (nSPS) is 22.4. The van der Waals surface area contributed by atoms with Crippen molar-refractivity contribution in [2.24, 2.45) is 13.0 Å². The van der Waals surface area contributed by atoms with Gasteiger partial charge in [0.2, 0.25) is 11.9 Å². The first-order chi connectivity index (χ1) is 12.9. The van der Waals surface area contributed by atoms with Crippen LogP contribution in [0.5, 0.6) is 0 Å². The van der Waals surface area contributed by atoms with Gasteiger partial charge < -0.3 is 9.80 Å². The van der Waals surface area contributed by atoms with Crippen molar-refractivity contribution in [1.82, 2.24) is 14.5 Å². The fourth-order valence-corrected chi connectivity index (χ4v) is 3.95. The van der Waals surface area contributed by atoms with Crippen LogP contribution in [-0.4, -0.2) is 52.5 Å². The first-order valence-corrected chi connectivity index (χ1v) is 9.23. The molecule has 27 heavy (non-hydrogen) atoms. The van der Waals surface area contributed by atoms with Crippen molar-refractivity contribution in [2.45, 2.75) is 25.2 Å². The molecule has 1 aromatic heterocycles. The monoisotopic (exact) mass is 376 g/mol. The second-order valence-corrected chi connectivity index (χ2v) is 7.41. The Morgan fingerprint density at radius 3 is 2.63 bits per heavy atom. The van der Waals surface area contributed by atoms with Gasteiger partial charge >= 0.3 is 0 Å². The number of anilines is 1. The van der Waals surface area contributed by atoms with Crippen molar-refractivity contribution < 1.29 is 13.6 Å². The first kappa shape index (κ1) is 17.9. The number of piperidine rings is 1. The fraction of sp³-hybridized carbons (Fsp3) is 0.526. The number of likely N-dealkylation sites (tertiary alicyclic amines) is 1. The van der Waals surface area contributed by atoms with Gasteiger partial charge in [-0.25, -0.2) is 13.8 Å². The summed E-state index contributed by atoms with van der Waals surface area (Å²) >= 11 is 0. The standard InChI is InChI=1S/C19H22F2N4O2/c1-23-17(27)14-4-2-3-5-15(14)22-18(23)25-9-6-13(12-25)16(26)24-10-7-19(20,21)8-11-24/h2-5,13H,6-12H2,1H3. The maximum atomic E-state index is 13.3. The third-order valence-electron chi connectivity index (χ3n) is 5.59. The van der Waals surface area contributed by atoms with E-state index in [-0.39, 0.29) is 43.3 Å². The summed E-state index contributed by atoms with van der Waals surface area (Å²) in [5, 5.41) is 0.560. The number of benzene rings is 1. The molecular weight excluding hydrogens is 354 g/mol. The van der Waals surface area contributed by atoms with Gasteiger partial charge in [0.05, 0.1) is 16.8 Å². The summed E-state index contributed by atoms with van der Waals surface area (Å²) in [6.45, 7) is 1.27. The quantitative estimate of drug-likeness (QED) is 0.805. The van der Waals surface area contributed by atoms with Gasteiger partial charge in [0.15, 0.2) is 0 Å². The van der Waals surface area contributed by atoms with E-state index >= 15 is 0 Å². The lowest BCUT2D eigenvalue weighted by molar-refractivity contribution is -0.140. The number of aromatic nitrogens is 2. The number of rotatable bonds is 2. The van der Waals surface area contributed by atoms with Crippen LogP contribution in [0.15, 0.2) is 29.1 Å². The van der Waals surface area contributed by atoms with E-state index in [1.54, 1.807) is 30.1 Å². The average molecular weight is 376 g/mol. The summed E-state index contributed by atoms with van der Waals surface area (Å²) in [4.78, 5) is 33.4. The minimum atomic E-state index is -2.66. The van der Waals surface area contributed by atoms with Gasteiger partial charge in [0.1, 0.15) is 0 Å². The van der Waals surface area contributed by atoms with E-state index < -0.39 is 5.92 Å². The van der Waals surface area contributed by atoms with E-state index in [9.17, 15) is 18.4 Å². The summed E-state index contributed by atoms with van der Waals surface area (Å²) in [5.41, 5.74) is 0.507. The number of para-hydroxylation sites is 1. The van der Waals surface area contributed by atoms with Gasteiger partial charge in [0.25, 0.3) is 11.5 Å². The highest BCUT2D eigenvalue weighted by molar-refractivity contribution is 5.81. The van der Waals surface area contributed by atoms with Crippen LogP contribution in [0.2, 0.25) is 0 Å². The second kappa shape index (κ2) is 6.58. The molecule has 3 heterocycles. The van der Waals surface area contributed by atoms with Crippen LogP contribution in [0.3, 0.4) is 0 Å². The Balaban J connectivity index is 1.52. The number of fused-ring (bicyclic) bond motifs is 1. The summed E-state index contributed by atoms with van der Waals surface area (Å²) in [6, 6.07) is 7.18. The third kappa shape index (κ3) is 3.28. The van der Waals surface area contributed by atoms with Gasteiger partial charge in [0, 0.05) is 46.1 Å². The molecule has 2 aliphatic rings. The molecule has 144 valence electrons. The van der Waals surface area contributed by atoms with Crippen LogP contribution in [0.4, 0.5) is 14.7 Å². The van der Waals surface area contributed by atoms with Gasteiger partial charge in [-0.2, -0.15) is 0 Å². The van der Waals surface area contributed by atoms with E-state index in [0.29, 0.717) is 36.4 Å². The zero-order valence-corrected chi connectivity index (χ0v) is 15.2. The maximum Gasteiger partial charge on any atom is 0.262 e. The number of amides is 1. The Morgan fingerprint density at radius 1 is 1.19 bits per heavy atom. The number of alkyl halides is 2. The third-order valence-corrected chi connectivity index (χ3v) is 5.59. The Labute approximate surface area is 155 Å². The molecule has 2 saturated heterocycles. The van der Waals surface area contributed by atoms with E-state index in [2.05, 4.69) is 4.98 Å². The molecular formula is C19H22F2N4O2. The van der Waals surface area contributed by atoms with E-state index in [0.717, 1.165) is 0 Å². The minimum Gasteiger partial charge on any atom is -0.342 e. The van der Waals surface area contributed by atoms with Crippen LogP contribution in [0.1, 0.15) is 19.3 Å². The van der Waals surface area contributed by atoms with Crippen LogP contribution >= 0.6 is 0 Å². The van der Waals surface area contributed by atoms with Crippen LogP contribution < -0.4 is 10.5 Å². The van der Waals surface area contributed by atoms with Gasteiger partial charge in [-0.1, -0.05) is 12.1 Å². The SMILES string of the molecule is Cn1c(N2CCC(C(=O)N3CCC(F)(F)CC3)C2)nc2ccccc2c1=O. The number of nitrogens with zero attached hydrogens (tertiary/aromatic N) is 4. The summed E-state index contributed by atoms with van der Waals surface area (Å²) < 4.78 is 28.2. The van der Waals surface area contributed by atoms with Crippen molar-refractivity contribution >= 4 is 22.8 Å². The van der Waals surface area contributed by atoms with E-state index in [1.807, 2.05) is 11.0 Å². The molecule has 1 aromatic carbocycles. The van der Waals surface area contributed by atoms with Gasteiger partial charge in [-0.3, -0.25) is 14.2 Å². The number of carbonyl (C=O) groups excluding carboxylic acids is 1. The highest BCUT2D eigenvalue weighted by Crippen LogP contribution is 2.30. The van der Waals surface area contributed by atoms with Crippen LogP contribution in [-0.2, 0) is 11.8 Å². The summed E-state index contributed by atoms with van der Waals surface area (Å²) in [5.74, 6) is -2.44. The molecule has 6 nitrogen and oxygen atoms in total. The largest absolute Gasteiger partial charge is 0.342 e. The Kier molecular flexibility index (Phi) is 4.36. The number of hydrogen-bond donors (Lipinski definition) is 0. The molecule has 2 aliphatic heterocycles. The Hall–Kier alpha value is -2.51. The lowest BCUT2D eigenvalue weighted by Gasteiger charge is -2.33. The predicted octanol–water partition coefficient (Wildman–Crippen LogP) is 2.02. The Morgan fingerprint density at radius 2 is 1.89 bits per heavy atom. The van der Waals surface area contributed by atoms with Crippen molar-refractivity contribution in [3.05, 3.63) is 34.6 Å². The maximum absolute atomic E-state index is 13.3. The molecule has 8 heteroatoms. The van der Waals surface area contributed by atoms with Crippen molar-refractivity contribution in [3.63, 3.8) is 0 Å². The topological polar surface area (TPSA) is 58.4 Å². The van der Waals surface area contributed by atoms with E-state index in [4.69, 9.17) is 0 Å². The molecule has 4 rings (SSSR count). The molecule has 1 atom stereocenters. The van der Waals surface area contributed by atoms with Gasteiger partial charge in [-0.15, -0.1) is 0 Å². The average Bonchev–Trinajstić information content (AvgIpc) is 3.14. The lowest BCUT2D eigenvalue weighted by atomic mass is 10.0. The molecule has 0 bridgehead atoms. The van der Waals surface area contributed by atoms with Crippen LogP contribution in [0.25, 0.3) is 10.9 Å². The van der Waals surface area contributed by atoms with Crippen LogP contribution in [0, 0.1) is 5.92 Å². The highest BCUT2D eigenvalue weighted by atomic mass is 19.3. The second-order valence-electron chi connectivity index (χ2n) is 7.41. The van der Waals surface area contributed by atoms with Crippen molar-refractivity contribution in [2.75, 3.05) is 31.1 Å². The molecule has 1 unspecified atom stereocenters. The molecule has 0 spiro atoms. The molecule has 0 saturated carbocycles. The smallest absolute Gasteiger partial charge is 0.262 e. The number of halogens is 2. The molecule has 2 aromatic rings. The zero-order valence-electron chi connectivity index (χ0n) is 15.2. The molecule has 2 fully saturated rings.